The van der Waals surface area contributed by atoms with Crippen LogP contribution in [0.3, 0.4) is 0 Å². The number of guanidine groups is 1. The third-order valence-electron chi connectivity index (χ3n) is 4.16. The molecule has 2 rings (SSSR count). The zero-order chi connectivity index (χ0) is 20.4. The van der Waals surface area contributed by atoms with Crippen LogP contribution in [0.15, 0.2) is 35.3 Å². The van der Waals surface area contributed by atoms with Crippen LogP contribution < -0.4 is 10.6 Å². The first kappa shape index (κ1) is 25.8. The summed E-state index contributed by atoms with van der Waals surface area (Å²) in [5.41, 5.74) is 1.92. The predicted octanol–water partition coefficient (Wildman–Crippen LogP) is 3.48. The van der Waals surface area contributed by atoms with E-state index in [2.05, 4.69) is 27.5 Å². The van der Waals surface area contributed by atoms with Crippen molar-refractivity contribution in [3.05, 3.63) is 51.5 Å². The van der Waals surface area contributed by atoms with Crippen LogP contribution in [-0.4, -0.2) is 44.7 Å². The van der Waals surface area contributed by atoms with E-state index in [9.17, 15) is 8.42 Å². The molecule has 0 fully saturated rings. The highest BCUT2D eigenvalue weighted by Crippen LogP contribution is 2.16. The Hall–Kier alpha value is -1.20. The lowest BCUT2D eigenvalue weighted by Gasteiger charge is -2.10. The molecule has 0 spiro atoms. The number of thiazole rings is 1. The zero-order valence-corrected chi connectivity index (χ0v) is 21.2. The molecule has 0 aliphatic heterocycles. The molecule has 0 amide bonds. The zero-order valence-electron chi connectivity index (χ0n) is 17.3. The normalized spacial score (nSPS) is 11.8. The minimum atomic E-state index is -3.12. The number of aryl methyl sites for hydroxylation is 2. The minimum Gasteiger partial charge on any atom is -0.357 e. The lowest BCUT2D eigenvalue weighted by Crippen LogP contribution is -2.38. The number of nitrogens with zero attached hydrogens (tertiary/aromatic N) is 2. The van der Waals surface area contributed by atoms with Crippen LogP contribution in [0.1, 0.15) is 34.5 Å². The average Bonchev–Trinajstić information content (AvgIpc) is 2.97. The Morgan fingerprint density at radius 1 is 1.17 bits per heavy atom. The van der Waals surface area contributed by atoms with Crippen LogP contribution in [0.25, 0.3) is 0 Å². The van der Waals surface area contributed by atoms with Gasteiger partial charge in [-0.2, -0.15) is 0 Å². The Kier molecular flexibility index (Phi) is 11.7. The second-order valence-corrected chi connectivity index (χ2v) is 10.1. The molecule has 1 aromatic carbocycles. The molecule has 1 heterocycles. The van der Waals surface area contributed by atoms with Crippen LogP contribution >= 0.6 is 35.3 Å². The fraction of sp³-hybridized carbons (Fsp3) is 0.500. The molecule has 0 radical (unpaired) electrons. The molecule has 9 heteroatoms. The van der Waals surface area contributed by atoms with Crippen LogP contribution in [-0.2, 0) is 22.0 Å². The van der Waals surface area contributed by atoms with Crippen LogP contribution in [0, 0.1) is 13.8 Å². The van der Waals surface area contributed by atoms with E-state index in [1.165, 1.54) is 4.88 Å². The number of aromatic nitrogens is 1. The summed E-state index contributed by atoms with van der Waals surface area (Å²) < 4.78 is 24.5. The van der Waals surface area contributed by atoms with E-state index in [1.54, 1.807) is 11.3 Å². The van der Waals surface area contributed by atoms with Gasteiger partial charge in [-0.15, -0.1) is 35.3 Å². The first-order valence-corrected chi connectivity index (χ1v) is 12.2. The Balaban J connectivity index is 0.00000420. The van der Waals surface area contributed by atoms with Crippen molar-refractivity contribution in [2.75, 3.05) is 25.4 Å². The van der Waals surface area contributed by atoms with Gasteiger partial charge in [-0.1, -0.05) is 30.3 Å². The summed E-state index contributed by atoms with van der Waals surface area (Å²) in [5, 5.41) is 7.60. The Labute approximate surface area is 195 Å². The first-order chi connectivity index (χ1) is 13.4. The van der Waals surface area contributed by atoms with E-state index in [1.807, 2.05) is 44.2 Å². The lowest BCUT2D eigenvalue weighted by molar-refractivity contribution is 0.592. The molecule has 2 aromatic rings. The van der Waals surface area contributed by atoms with Crippen molar-refractivity contribution in [2.24, 2.45) is 4.99 Å². The summed E-state index contributed by atoms with van der Waals surface area (Å²) in [5.74, 6) is 0.943. The molecule has 2 N–H and O–H groups in total. The third-order valence-corrected chi connectivity index (χ3v) is 6.98. The highest BCUT2D eigenvalue weighted by atomic mass is 127. The number of hydrogen-bond donors (Lipinski definition) is 2. The number of benzene rings is 1. The van der Waals surface area contributed by atoms with E-state index < -0.39 is 9.84 Å². The monoisotopic (exact) mass is 550 g/mol. The Morgan fingerprint density at radius 2 is 1.90 bits per heavy atom. The van der Waals surface area contributed by atoms with Crippen molar-refractivity contribution >= 4 is 51.1 Å². The van der Waals surface area contributed by atoms with Gasteiger partial charge in [-0.3, -0.25) is 4.99 Å². The molecule has 0 aliphatic rings. The second kappa shape index (κ2) is 13.2. The summed E-state index contributed by atoms with van der Waals surface area (Å²) in [7, 11) is -3.12. The lowest BCUT2D eigenvalue weighted by atomic mass is 10.2. The van der Waals surface area contributed by atoms with Crippen molar-refractivity contribution < 1.29 is 8.42 Å². The van der Waals surface area contributed by atoms with E-state index in [0.717, 1.165) is 35.8 Å². The van der Waals surface area contributed by atoms with Gasteiger partial charge in [0, 0.05) is 30.9 Å². The fourth-order valence-electron chi connectivity index (χ4n) is 2.65. The number of rotatable bonds is 10. The Morgan fingerprint density at radius 3 is 2.52 bits per heavy atom. The molecule has 0 unspecified atom stereocenters. The molecule has 6 nitrogen and oxygen atoms in total. The van der Waals surface area contributed by atoms with Gasteiger partial charge in [0.2, 0.25) is 0 Å². The molecular formula is C20H31IN4O2S2. The summed E-state index contributed by atoms with van der Waals surface area (Å²) >= 11 is 1.73. The highest BCUT2D eigenvalue weighted by molar-refractivity contribution is 14.0. The maximum Gasteiger partial charge on any atom is 0.191 e. The van der Waals surface area contributed by atoms with Crippen molar-refractivity contribution in [2.45, 2.75) is 39.4 Å². The van der Waals surface area contributed by atoms with Gasteiger partial charge >= 0.3 is 0 Å². The summed E-state index contributed by atoms with van der Waals surface area (Å²) in [6.45, 7) is 8.09. The average molecular weight is 551 g/mol. The molecule has 0 atom stereocenters. The number of nitrogens with one attached hydrogen (secondary N) is 2. The number of aliphatic imine (C=N–C) groups is 1. The smallest absolute Gasteiger partial charge is 0.191 e. The van der Waals surface area contributed by atoms with Gasteiger partial charge in [0.15, 0.2) is 15.8 Å². The van der Waals surface area contributed by atoms with E-state index in [0.29, 0.717) is 18.9 Å². The molecule has 1 aromatic heterocycles. The molecule has 0 saturated carbocycles. The van der Waals surface area contributed by atoms with Crippen molar-refractivity contribution in [3.63, 3.8) is 0 Å². The van der Waals surface area contributed by atoms with Crippen LogP contribution in [0.4, 0.5) is 0 Å². The fourth-order valence-corrected chi connectivity index (χ4v) is 5.00. The van der Waals surface area contributed by atoms with Crippen molar-refractivity contribution in [1.29, 1.82) is 0 Å². The minimum absolute atomic E-state index is 0. The van der Waals surface area contributed by atoms with Crippen molar-refractivity contribution in [1.82, 2.24) is 15.6 Å². The molecule has 162 valence electrons. The Bertz CT molecular complexity index is 848. The topological polar surface area (TPSA) is 83.5 Å². The second-order valence-electron chi connectivity index (χ2n) is 6.62. The molecule has 0 bridgehead atoms. The van der Waals surface area contributed by atoms with Gasteiger partial charge in [-0.25, -0.2) is 13.4 Å². The van der Waals surface area contributed by atoms with Gasteiger partial charge in [0.25, 0.3) is 0 Å². The van der Waals surface area contributed by atoms with E-state index in [4.69, 9.17) is 0 Å². The van der Waals surface area contributed by atoms with Crippen molar-refractivity contribution in [3.8, 4) is 0 Å². The maximum atomic E-state index is 12.2. The van der Waals surface area contributed by atoms with Gasteiger partial charge in [-0.05, 0) is 32.8 Å². The summed E-state index contributed by atoms with van der Waals surface area (Å²) in [6.07, 6.45) is 1.35. The van der Waals surface area contributed by atoms with E-state index in [-0.39, 0.29) is 35.5 Å². The largest absolute Gasteiger partial charge is 0.357 e. The number of halogens is 1. The van der Waals surface area contributed by atoms with Gasteiger partial charge < -0.3 is 10.6 Å². The van der Waals surface area contributed by atoms with Gasteiger partial charge in [0.05, 0.1) is 22.2 Å². The van der Waals surface area contributed by atoms with Crippen LogP contribution in [0.2, 0.25) is 0 Å². The predicted molar refractivity (Wildman–Crippen MR) is 133 cm³/mol. The SMILES string of the molecule is CCNC(=NCCCS(=O)(=O)Cc1ccccc1)NCCc1nc(C)c(C)s1.I. The molecule has 29 heavy (non-hydrogen) atoms. The number of hydrogen-bond acceptors (Lipinski definition) is 5. The third kappa shape index (κ3) is 9.90. The number of sulfone groups is 1. The summed E-state index contributed by atoms with van der Waals surface area (Å²) in [4.78, 5) is 10.3. The first-order valence-electron chi connectivity index (χ1n) is 9.59. The standard InChI is InChI=1S/C20H30N4O2S2.HI/c1-4-21-20(23-13-11-19-24-16(2)17(3)27-19)22-12-8-14-28(25,26)15-18-9-6-5-7-10-18;/h5-7,9-10H,4,8,11-15H2,1-3H3,(H2,21,22,23);1H. The van der Waals surface area contributed by atoms with Gasteiger partial charge in [0.1, 0.15) is 0 Å². The van der Waals surface area contributed by atoms with Crippen LogP contribution in [0.5, 0.6) is 0 Å². The highest BCUT2D eigenvalue weighted by Gasteiger charge is 2.11. The molecule has 0 saturated heterocycles. The maximum absolute atomic E-state index is 12.2. The molecule has 0 aliphatic carbocycles. The van der Waals surface area contributed by atoms with E-state index >= 15 is 0 Å². The molecular weight excluding hydrogens is 519 g/mol. The summed E-state index contributed by atoms with van der Waals surface area (Å²) in [6, 6.07) is 9.29. The quantitative estimate of drug-likeness (QED) is 0.205.